The van der Waals surface area contributed by atoms with Gasteiger partial charge in [0, 0.05) is 44.4 Å². The van der Waals surface area contributed by atoms with Crippen molar-refractivity contribution >= 4 is 29.2 Å². The number of hydrogen-bond acceptors (Lipinski definition) is 9. The van der Waals surface area contributed by atoms with E-state index >= 15 is 0 Å². The Bertz CT molecular complexity index is 853. The van der Waals surface area contributed by atoms with E-state index in [1.165, 1.54) is 17.8 Å². The molecule has 0 bridgehead atoms. The summed E-state index contributed by atoms with van der Waals surface area (Å²) in [7, 11) is 0. The second-order valence-electron chi connectivity index (χ2n) is 7.23. The summed E-state index contributed by atoms with van der Waals surface area (Å²) >= 11 is 1.25. The number of hydrogen-bond donors (Lipinski definition) is 1. The van der Waals surface area contributed by atoms with Crippen molar-refractivity contribution in [3.8, 4) is 0 Å². The summed E-state index contributed by atoms with van der Waals surface area (Å²) in [6, 6.07) is 3.43. The van der Waals surface area contributed by atoms with Crippen LogP contribution < -0.4 is 15.1 Å². The zero-order valence-corrected chi connectivity index (χ0v) is 17.6. The number of piperidine rings is 1. The van der Waals surface area contributed by atoms with Crippen LogP contribution in [-0.4, -0.2) is 71.6 Å². The van der Waals surface area contributed by atoms with Gasteiger partial charge in [-0.2, -0.15) is 0 Å². The molecule has 2 fully saturated rings. The fourth-order valence-electron chi connectivity index (χ4n) is 3.71. The number of thioether (sulfide) groups is 1. The van der Waals surface area contributed by atoms with Crippen LogP contribution in [0.15, 0.2) is 23.6 Å². The number of anilines is 3. The van der Waals surface area contributed by atoms with Crippen molar-refractivity contribution in [1.82, 2.24) is 19.9 Å². The number of ether oxygens (including phenoxy) is 1. The van der Waals surface area contributed by atoms with E-state index in [0.717, 1.165) is 44.1 Å². The molecule has 11 heteroatoms. The second kappa shape index (κ2) is 9.69. The first-order chi connectivity index (χ1) is 14.6. The fraction of sp³-hybridized carbons (Fsp3) is 0.579. The molecule has 2 aliphatic heterocycles. The molecule has 0 aliphatic carbocycles. The maximum absolute atomic E-state index is 13.2. The lowest BCUT2D eigenvalue weighted by atomic mass is 10.1. The van der Waals surface area contributed by atoms with Crippen LogP contribution in [0.4, 0.5) is 26.2 Å². The number of alkyl halides is 2. The predicted molar refractivity (Wildman–Crippen MR) is 113 cm³/mol. The van der Waals surface area contributed by atoms with Gasteiger partial charge in [-0.25, -0.2) is 28.7 Å². The lowest BCUT2D eigenvalue weighted by Crippen LogP contribution is -2.43. The SMILES string of the molecule is CSc1nc(NC2CCCN(c3cc(N4CCOCC4)ncn3)C2)cc(C(F)F)n1. The molecule has 0 spiro atoms. The lowest BCUT2D eigenvalue weighted by molar-refractivity contribution is 0.122. The van der Waals surface area contributed by atoms with Gasteiger partial charge in [-0.15, -0.1) is 0 Å². The molecule has 2 saturated heterocycles. The minimum Gasteiger partial charge on any atom is -0.378 e. The number of halogens is 2. The number of nitrogens with zero attached hydrogens (tertiary/aromatic N) is 6. The van der Waals surface area contributed by atoms with E-state index < -0.39 is 6.43 Å². The van der Waals surface area contributed by atoms with Crippen molar-refractivity contribution in [1.29, 1.82) is 0 Å². The molecule has 0 saturated carbocycles. The predicted octanol–water partition coefficient (Wildman–Crippen LogP) is 2.84. The average Bonchev–Trinajstić information content (AvgIpc) is 2.79. The van der Waals surface area contributed by atoms with Crippen LogP contribution in [0.25, 0.3) is 0 Å². The molecule has 0 radical (unpaired) electrons. The van der Waals surface area contributed by atoms with Crippen LogP contribution in [0.1, 0.15) is 25.0 Å². The van der Waals surface area contributed by atoms with Crippen molar-refractivity contribution in [3.05, 3.63) is 24.2 Å². The Balaban J connectivity index is 1.46. The first-order valence-electron chi connectivity index (χ1n) is 9.99. The molecule has 1 N–H and O–H groups in total. The highest BCUT2D eigenvalue weighted by molar-refractivity contribution is 7.98. The third-order valence-corrected chi connectivity index (χ3v) is 5.75. The van der Waals surface area contributed by atoms with Gasteiger partial charge in [0.15, 0.2) is 5.16 Å². The Labute approximate surface area is 178 Å². The molecule has 30 heavy (non-hydrogen) atoms. The molecule has 2 aromatic rings. The van der Waals surface area contributed by atoms with E-state index in [1.807, 2.05) is 6.07 Å². The summed E-state index contributed by atoms with van der Waals surface area (Å²) in [5.74, 6) is 2.22. The Kier molecular flexibility index (Phi) is 6.78. The third kappa shape index (κ3) is 5.07. The van der Waals surface area contributed by atoms with Crippen LogP contribution in [0, 0.1) is 0 Å². The van der Waals surface area contributed by atoms with Gasteiger partial charge in [0.25, 0.3) is 6.43 Å². The van der Waals surface area contributed by atoms with E-state index in [2.05, 4.69) is 35.1 Å². The highest BCUT2D eigenvalue weighted by Crippen LogP contribution is 2.26. The molecule has 2 aromatic heterocycles. The highest BCUT2D eigenvalue weighted by Gasteiger charge is 2.23. The summed E-state index contributed by atoms with van der Waals surface area (Å²) < 4.78 is 31.7. The van der Waals surface area contributed by atoms with E-state index in [9.17, 15) is 8.78 Å². The van der Waals surface area contributed by atoms with Crippen LogP contribution in [0.2, 0.25) is 0 Å². The van der Waals surface area contributed by atoms with Crippen molar-refractivity contribution in [2.45, 2.75) is 30.5 Å². The molecule has 1 unspecified atom stereocenters. The quantitative estimate of drug-likeness (QED) is 0.542. The van der Waals surface area contributed by atoms with Gasteiger partial charge < -0.3 is 19.9 Å². The van der Waals surface area contributed by atoms with Gasteiger partial charge in [-0.3, -0.25) is 0 Å². The normalized spacial score (nSPS) is 19.9. The van der Waals surface area contributed by atoms with Crippen LogP contribution in [-0.2, 0) is 4.74 Å². The molecule has 4 rings (SSSR count). The van der Waals surface area contributed by atoms with Gasteiger partial charge in [0.05, 0.1) is 13.2 Å². The van der Waals surface area contributed by atoms with Crippen molar-refractivity contribution < 1.29 is 13.5 Å². The van der Waals surface area contributed by atoms with Gasteiger partial charge >= 0.3 is 0 Å². The average molecular weight is 438 g/mol. The topological polar surface area (TPSA) is 79.3 Å². The van der Waals surface area contributed by atoms with Crippen molar-refractivity contribution in [2.75, 3.05) is 60.8 Å². The number of rotatable bonds is 6. The summed E-state index contributed by atoms with van der Waals surface area (Å²) in [5.41, 5.74) is -0.254. The molecular formula is C19H25F2N7OS. The Hall–Kier alpha value is -2.27. The van der Waals surface area contributed by atoms with Crippen molar-refractivity contribution in [3.63, 3.8) is 0 Å². The van der Waals surface area contributed by atoms with Gasteiger partial charge in [-0.05, 0) is 19.1 Å². The smallest absolute Gasteiger partial charge is 0.280 e. The van der Waals surface area contributed by atoms with Crippen LogP contribution in [0.3, 0.4) is 0 Å². The van der Waals surface area contributed by atoms with E-state index in [1.54, 1.807) is 12.6 Å². The molecule has 8 nitrogen and oxygen atoms in total. The zero-order valence-electron chi connectivity index (χ0n) is 16.8. The Morgan fingerprint density at radius 3 is 2.60 bits per heavy atom. The number of morpholine rings is 1. The van der Waals surface area contributed by atoms with Crippen LogP contribution >= 0.6 is 11.8 Å². The first-order valence-corrected chi connectivity index (χ1v) is 11.2. The van der Waals surface area contributed by atoms with Gasteiger partial charge in [0.2, 0.25) is 0 Å². The maximum atomic E-state index is 13.2. The van der Waals surface area contributed by atoms with Gasteiger partial charge in [0.1, 0.15) is 29.5 Å². The Morgan fingerprint density at radius 1 is 1.10 bits per heavy atom. The highest BCUT2D eigenvalue weighted by atomic mass is 32.2. The van der Waals surface area contributed by atoms with Crippen molar-refractivity contribution in [2.24, 2.45) is 0 Å². The Morgan fingerprint density at radius 2 is 1.87 bits per heavy atom. The molecule has 162 valence electrons. The van der Waals surface area contributed by atoms with E-state index in [0.29, 0.717) is 30.7 Å². The molecule has 0 amide bonds. The summed E-state index contributed by atoms with van der Waals surface area (Å²) in [5, 5.41) is 3.66. The maximum Gasteiger partial charge on any atom is 0.280 e. The molecule has 0 aromatic carbocycles. The molecular weight excluding hydrogens is 412 g/mol. The molecule has 4 heterocycles. The minimum absolute atomic E-state index is 0.0793. The largest absolute Gasteiger partial charge is 0.378 e. The summed E-state index contributed by atoms with van der Waals surface area (Å²) in [6.45, 7) is 4.64. The number of aromatic nitrogens is 4. The summed E-state index contributed by atoms with van der Waals surface area (Å²) in [6.07, 6.45) is 2.65. The second-order valence-corrected chi connectivity index (χ2v) is 8.00. The van der Waals surface area contributed by atoms with Crippen LogP contribution in [0.5, 0.6) is 0 Å². The zero-order chi connectivity index (χ0) is 20.9. The third-order valence-electron chi connectivity index (χ3n) is 5.20. The molecule has 2 aliphatic rings. The standard InChI is InChI=1S/C19H25F2N7OS/c1-30-19-25-14(18(20)21)9-15(26-19)24-13-3-2-4-28(11-13)17-10-16(22-12-23-17)27-5-7-29-8-6-27/h9-10,12-13,18H,2-8,11H2,1H3,(H,24,25,26). The first kappa shape index (κ1) is 21.0. The van der Waals surface area contributed by atoms with Gasteiger partial charge in [-0.1, -0.05) is 11.8 Å². The minimum atomic E-state index is -2.62. The monoisotopic (exact) mass is 437 g/mol. The summed E-state index contributed by atoms with van der Waals surface area (Å²) in [4.78, 5) is 21.5. The van der Waals surface area contributed by atoms with E-state index in [-0.39, 0.29) is 11.7 Å². The fourth-order valence-corrected chi connectivity index (χ4v) is 4.09. The molecule has 1 atom stereocenters. The van der Waals surface area contributed by atoms with E-state index in [4.69, 9.17) is 4.74 Å². The number of nitrogens with one attached hydrogen (secondary N) is 1. The lowest BCUT2D eigenvalue weighted by Gasteiger charge is -2.35.